The Morgan fingerprint density at radius 2 is 1.93 bits per heavy atom. The fourth-order valence-corrected chi connectivity index (χ4v) is 4.81. The Morgan fingerprint density at radius 1 is 1.18 bits per heavy atom. The molecule has 0 radical (unpaired) electrons. The highest BCUT2D eigenvalue weighted by atomic mass is 32.2. The Bertz CT molecular complexity index is 995. The van der Waals surface area contributed by atoms with Crippen LogP contribution in [0.15, 0.2) is 69.5 Å². The molecule has 0 saturated heterocycles. The SMILES string of the molecule is Cc1ccc(S(=O)(=O)N(CC(=O)N[C@H](C)c2cccs2)Cc2ccco2)cc1. The first-order valence-electron chi connectivity index (χ1n) is 8.78. The summed E-state index contributed by atoms with van der Waals surface area (Å²) >= 11 is 1.54. The van der Waals surface area contributed by atoms with E-state index in [-0.39, 0.29) is 29.9 Å². The molecule has 0 aliphatic heterocycles. The maximum Gasteiger partial charge on any atom is 0.243 e. The zero-order valence-corrected chi connectivity index (χ0v) is 17.3. The van der Waals surface area contributed by atoms with Gasteiger partial charge in [0, 0.05) is 4.88 Å². The molecule has 1 aromatic carbocycles. The highest BCUT2D eigenvalue weighted by molar-refractivity contribution is 7.89. The normalized spacial score (nSPS) is 12.8. The van der Waals surface area contributed by atoms with Crippen molar-refractivity contribution in [3.63, 3.8) is 0 Å². The van der Waals surface area contributed by atoms with Gasteiger partial charge in [-0.15, -0.1) is 11.3 Å². The maximum atomic E-state index is 13.1. The number of amides is 1. The molecule has 0 unspecified atom stereocenters. The summed E-state index contributed by atoms with van der Waals surface area (Å²) in [6.07, 6.45) is 1.48. The molecule has 0 spiro atoms. The van der Waals surface area contributed by atoms with Crippen LogP contribution in [0.4, 0.5) is 0 Å². The Morgan fingerprint density at radius 3 is 2.54 bits per heavy atom. The van der Waals surface area contributed by atoms with Crippen LogP contribution < -0.4 is 5.32 Å². The van der Waals surface area contributed by atoms with Crippen molar-refractivity contribution in [2.24, 2.45) is 0 Å². The lowest BCUT2D eigenvalue weighted by Gasteiger charge is -2.22. The number of furan rings is 1. The average molecular weight is 419 g/mol. The van der Waals surface area contributed by atoms with Gasteiger partial charge < -0.3 is 9.73 Å². The summed E-state index contributed by atoms with van der Waals surface area (Å²) < 4.78 is 32.7. The van der Waals surface area contributed by atoms with Crippen LogP contribution in [0.2, 0.25) is 0 Å². The van der Waals surface area contributed by atoms with Crippen LogP contribution in [0.5, 0.6) is 0 Å². The van der Waals surface area contributed by atoms with E-state index in [1.807, 2.05) is 31.4 Å². The predicted molar refractivity (Wildman–Crippen MR) is 108 cm³/mol. The predicted octanol–water partition coefficient (Wildman–Crippen LogP) is 3.72. The molecule has 6 nitrogen and oxygen atoms in total. The smallest absolute Gasteiger partial charge is 0.243 e. The van der Waals surface area contributed by atoms with Gasteiger partial charge in [-0.2, -0.15) is 4.31 Å². The van der Waals surface area contributed by atoms with Crippen LogP contribution in [-0.2, 0) is 21.4 Å². The minimum Gasteiger partial charge on any atom is -0.468 e. The van der Waals surface area contributed by atoms with Gasteiger partial charge in [0.05, 0.1) is 30.3 Å². The summed E-state index contributed by atoms with van der Waals surface area (Å²) in [6.45, 7) is 3.43. The number of hydrogen-bond acceptors (Lipinski definition) is 5. The molecule has 0 bridgehead atoms. The molecule has 2 aromatic heterocycles. The van der Waals surface area contributed by atoms with Crippen LogP contribution in [-0.4, -0.2) is 25.2 Å². The van der Waals surface area contributed by atoms with E-state index in [0.717, 1.165) is 14.7 Å². The molecule has 8 heteroatoms. The van der Waals surface area contributed by atoms with Crippen LogP contribution >= 0.6 is 11.3 Å². The average Bonchev–Trinajstić information content (AvgIpc) is 3.35. The number of rotatable bonds is 8. The lowest BCUT2D eigenvalue weighted by Crippen LogP contribution is -2.40. The maximum absolute atomic E-state index is 13.1. The van der Waals surface area contributed by atoms with E-state index in [9.17, 15) is 13.2 Å². The molecule has 148 valence electrons. The lowest BCUT2D eigenvalue weighted by atomic mass is 10.2. The molecule has 0 fully saturated rings. The van der Waals surface area contributed by atoms with Crippen molar-refractivity contribution >= 4 is 27.3 Å². The quantitative estimate of drug-likeness (QED) is 0.605. The molecular weight excluding hydrogens is 396 g/mol. The summed E-state index contributed by atoms with van der Waals surface area (Å²) in [5.74, 6) is 0.0953. The third-order valence-corrected chi connectivity index (χ3v) is 7.10. The van der Waals surface area contributed by atoms with Crippen LogP contribution in [0, 0.1) is 6.92 Å². The van der Waals surface area contributed by atoms with E-state index >= 15 is 0 Å². The summed E-state index contributed by atoms with van der Waals surface area (Å²) in [5.41, 5.74) is 0.957. The monoisotopic (exact) mass is 418 g/mol. The summed E-state index contributed by atoms with van der Waals surface area (Å²) in [7, 11) is -3.86. The van der Waals surface area contributed by atoms with Gasteiger partial charge in [0.25, 0.3) is 0 Å². The minimum atomic E-state index is -3.86. The van der Waals surface area contributed by atoms with E-state index in [1.54, 1.807) is 36.4 Å². The highest BCUT2D eigenvalue weighted by Crippen LogP contribution is 2.21. The van der Waals surface area contributed by atoms with Gasteiger partial charge in [0.15, 0.2) is 0 Å². The Labute approximate surface area is 168 Å². The number of carbonyl (C=O) groups excluding carboxylic acids is 1. The molecule has 2 heterocycles. The van der Waals surface area contributed by atoms with Crippen molar-refractivity contribution in [1.29, 1.82) is 0 Å². The largest absolute Gasteiger partial charge is 0.468 e. The van der Waals surface area contributed by atoms with E-state index in [2.05, 4.69) is 5.32 Å². The number of benzene rings is 1. The second-order valence-corrected chi connectivity index (χ2v) is 9.39. The van der Waals surface area contributed by atoms with Gasteiger partial charge in [-0.05, 0) is 49.6 Å². The first-order valence-corrected chi connectivity index (χ1v) is 11.1. The van der Waals surface area contributed by atoms with E-state index in [0.29, 0.717) is 5.76 Å². The van der Waals surface area contributed by atoms with Crippen molar-refractivity contribution in [2.45, 2.75) is 31.3 Å². The molecule has 1 amide bonds. The van der Waals surface area contributed by atoms with Gasteiger partial charge in [0.1, 0.15) is 5.76 Å². The van der Waals surface area contributed by atoms with Gasteiger partial charge in [0.2, 0.25) is 15.9 Å². The van der Waals surface area contributed by atoms with Gasteiger partial charge in [-0.3, -0.25) is 4.79 Å². The number of thiophene rings is 1. The van der Waals surface area contributed by atoms with Crippen LogP contribution in [0.3, 0.4) is 0 Å². The molecular formula is C20H22N2O4S2. The van der Waals surface area contributed by atoms with Gasteiger partial charge in [-0.1, -0.05) is 23.8 Å². The number of nitrogens with one attached hydrogen (secondary N) is 1. The topological polar surface area (TPSA) is 79.6 Å². The zero-order valence-electron chi connectivity index (χ0n) is 15.7. The summed E-state index contributed by atoms with van der Waals surface area (Å²) in [4.78, 5) is 13.7. The molecule has 0 saturated carbocycles. The second-order valence-electron chi connectivity index (χ2n) is 6.47. The fourth-order valence-electron chi connectivity index (χ4n) is 2.72. The minimum absolute atomic E-state index is 0.0238. The molecule has 28 heavy (non-hydrogen) atoms. The first kappa shape index (κ1) is 20.3. The van der Waals surface area contributed by atoms with Gasteiger partial charge in [-0.25, -0.2) is 8.42 Å². The Kier molecular flexibility index (Phi) is 6.33. The molecule has 3 aromatic rings. The zero-order chi connectivity index (χ0) is 20.1. The van der Waals surface area contributed by atoms with E-state index in [1.165, 1.54) is 17.6 Å². The summed E-state index contributed by atoms with van der Waals surface area (Å²) in [6, 6.07) is 13.6. The van der Waals surface area contributed by atoms with Crippen molar-refractivity contribution in [3.8, 4) is 0 Å². The highest BCUT2D eigenvalue weighted by Gasteiger charge is 2.28. The van der Waals surface area contributed by atoms with E-state index < -0.39 is 10.0 Å². The van der Waals surface area contributed by atoms with Crippen molar-refractivity contribution < 1.29 is 17.6 Å². The number of carbonyl (C=O) groups is 1. The third-order valence-electron chi connectivity index (χ3n) is 4.24. The summed E-state index contributed by atoms with van der Waals surface area (Å²) in [5, 5.41) is 4.79. The first-order chi connectivity index (χ1) is 13.4. The van der Waals surface area contributed by atoms with E-state index in [4.69, 9.17) is 4.42 Å². The molecule has 0 aliphatic carbocycles. The van der Waals surface area contributed by atoms with Crippen LogP contribution in [0.1, 0.15) is 29.2 Å². The molecule has 1 atom stereocenters. The fraction of sp³-hybridized carbons (Fsp3) is 0.250. The molecule has 0 aliphatic rings. The Balaban J connectivity index is 1.80. The standard InChI is InChI=1S/C20H22N2O4S2/c1-15-7-9-18(10-8-15)28(24,25)22(13-17-5-3-11-26-17)14-20(23)21-16(2)19-6-4-12-27-19/h3-12,16H,13-14H2,1-2H3,(H,21,23)/t16-/m1/s1. The van der Waals surface area contributed by atoms with Gasteiger partial charge >= 0.3 is 0 Å². The number of nitrogens with zero attached hydrogens (tertiary/aromatic N) is 1. The number of hydrogen-bond donors (Lipinski definition) is 1. The van der Waals surface area contributed by atoms with Crippen molar-refractivity contribution in [1.82, 2.24) is 9.62 Å². The van der Waals surface area contributed by atoms with Crippen molar-refractivity contribution in [2.75, 3.05) is 6.54 Å². The molecule has 1 N–H and O–H groups in total. The number of sulfonamides is 1. The van der Waals surface area contributed by atoms with Crippen LogP contribution in [0.25, 0.3) is 0 Å². The third kappa shape index (κ3) is 4.89. The Hall–Kier alpha value is -2.42. The lowest BCUT2D eigenvalue weighted by molar-refractivity contribution is -0.122. The molecule has 3 rings (SSSR count). The second kappa shape index (κ2) is 8.72. The number of aryl methyl sites for hydroxylation is 1. The van der Waals surface area contributed by atoms with Crippen molar-refractivity contribution in [3.05, 3.63) is 76.4 Å².